The Morgan fingerprint density at radius 2 is 2.20 bits per heavy atom. The van der Waals surface area contributed by atoms with Gasteiger partial charge in [-0.25, -0.2) is 9.97 Å². The highest BCUT2D eigenvalue weighted by Gasteiger charge is 2.30. The second-order valence-electron chi connectivity index (χ2n) is 7.26. The van der Waals surface area contributed by atoms with Crippen LogP contribution in [0, 0.1) is 11.8 Å². The second-order valence-corrected chi connectivity index (χ2v) is 7.26. The van der Waals surface area contributed by atoms with Crippen LogP contribution in [0.4, 0.5) is 5.82 Å². The van der Waals surface area contributed by atoms with E-state index in [2.05, 4.69) is 27.2 Å². The number of H-pyrrole nitrogens is 1. The zero-order valence-corrected chi connectivity index (χ0v) is 14.4. The molecular weight excluding hydrogens is 318 g/mol. The van der Waals surface area contributed by atoms with Crippen molar-refractivity contribution >= 4 is 29.0 Å². The van der Waals surface area contributed by atoms with Gasteiger partial charge in [-0.05, 0) is 25.2 Å². The lowest BCUT2D eigenvalue weighted by atomic mass is 9.80. The first-order chi connectivity index (χ1) is 12.2. The molecule has 3 heterocycles. The number of fused-ring (bicyclic) bond motifs is 1. The summed E-state index contributed by atoms with van der Waals surface area (Å²) in [6.45, 7) is 3.61. The van der Waals surface area contributed by atoms with E-state index in [4.69, 9.17) is 0 Å². The van der Waals surface area contributed by atoms with Crippen LogP contribution in [0.1, 0.15) is 43.0 Å². The smallest absolute Gasteiger partial charge is 0.209 e. The molecule has 2 aromatic heterocycles. The largest absolute Gasteiger partial charge is 0.365 e. The van der Waals surface area contributed by atoms with Crippen LogP contribution < -0.4 is 5.32 Å². The Hall–Kier alpha value is -2.44. The SMILES string of the molecule is CC1CCN(C=O)CC1Nc1ncnc2[nH]cc(C(=O)C3CCC3)c12. The summed E-state index contributed by atoms with van der Waals surface area (Å²) >= 11 is 0. The number of amides is 1. The van der Waals surface area contributed by atoms with E-state index in [1.54, 1.807) is 11.1 Å². The molecule has 1 amide bonds. The van der Waals surface area contributed by atoms with Gasteiger partial charge in [0.05, 0.1) is 5.39 Å². The number of nitrogens with zero attached hydrogens (tertiary/aromatic N) is 3. The second kappa shape index (κ2) is 6.46. The van der Waals surface area contributed by atoms with E-state index in [1.165, 1.54) is 6.33 Å². The van der Waals surface area contributed by atoms with E-state index < -0.39 is 0 Å². The molecule has 0 bridgehead atoms. The van der Waals surface area contributed by atoms with Crippen molar-refractivity contribution in [2.24, 2.45) is 11.8 Å². The van der Waals surface area contributed by atoms with Gasteiger partial charge in [0.15, 0.2) is 5.78 Å². The van der Waals surface area contributed by atoms with E-state index >= 15 is 0 Å². The van der Waals surface area contributed by atoms with Crippen LogP contribution in [0.3, 0.4) is 0 Å². The molecule has 2 N–H and O–H groups in total. The highest BCUT2D eigenvalue weighted by Crippen LogP contribution is 2.34. The minimum absolute atomic E-state index is 0.110. The molecule has 2 fully saturated rings. The molecule has 1 aliphatic carbocycles. The summed E-state index contributed by atoms with van der Waals surface area (Å²) in [5, 5.41) is 4.24. The van der Waals surface area contributed by atoms with Crippen LogP contribution in [0.25, 0.3) is 11.0 Å². The van der Waals surface area contributed by atoms with Gasteiger partial charge in [0.25, 0.3) is 0 Å². The van der Waals surface area contributed by atoms with Crippen molar-refractivity contribution in [2.45, 2.75) is 38.6 Å². The molecule has 0 aromatic carbocycles. The van der Waals surface area contributed by atoms with Crippen LogP contribution >= 0.6 is 0 Å². The standard InChI is InChI=1S/C18H23N5O2/c1-11-5-6-23(10-24)8-14(11)22-18-15-13(16(25)12-3-2-4-12)7-19-17(15)20-9-21-18/h7,9-12,14H,2-6,8H2,1H3,(H2,19,20,21,22). The van der Waals surface area contributed by atoms with Crippen LogP contribution in [-0.4, -0.2) is 51.2 Å². The van der Waals surface area contributed by atoms with Gasteiger partial charge in [-0.3, -0.25) is 9.59 Å². The van der Waals surface area contributed by atoms with Crippen molar-refractivity contribution in [1.29, 1.82) is 0 Å². The molecule has 25 heavy (non-hydrogen) atoms. The summed E-state index contributed by atoms with van der Waals surface area (Å²) in [4.78, 5) is 37.4. The fraction of sp³-hybridized carbons (Fsp3) is 0.556. The molecule has 2 atom stereocenters. The topological polar surface area (TPSA) is 91.0 Å². The number of carbonyl (C=O) groups is 2. The fourth-order valence-corrected chi connectivity index (χ4v) is 3.71. The molecule has 1 saturated heterocycles. The van der Waals surface area contributed by atoms with E-state index in [9.17, 15) is 9.59 Å². The number of aromatic nitrogens is 3. The Balaban J connectivity index is 1.65. The average Bonchev–Trinajstić information content (AvgIpc) is 3.00. The molecule has 0 spiro atoms. The normalized spacial score (nSPS) is 24.1. The number of rotatable bonds is 5. The molecule has 7 nitrogen and oxygen atoms in total. The van der Waals surface area contributed by atoms with Crippen molar-refractivity contribution in [2.75, 3.05) is 18.4 Å². The highest BCUT2D eigenvalue weighted by molar-refractivity contribution is 6.11. The minimum Gasteiger partial charge on any atom is -0.365 e. The van der Waals surface area contributed by atoms with Crippen molar-refractivity contribution < 1.29 is 9.59 Å². The van der Waals surface area contributed by atoms with Crippen molar-refractivity contribution in [3.8, 4) is 0 Å². The number of Topliss-reactive ketones (excluding diaryl/α,β-unsaturated/α-hetero) is 1. The fourth-order valence-electron chi connectivity index (χ4n) is 3.71. The Morgan fingerprint density at radius 1 is 1.36 bits per heavy atom. The molecule has 0 radical (unpaired) electrons. The van der Waals surface area contributed by atoms with E-state index in [0.717, 1.165) is 44.0 Å². The van der Waals surface area contributed by atoms with Gasteiger partial charge < -0.3 is 15.2 Å². The summed E-state index contributed by atoms with van der Waals surface area (Å²) in [7, 11) is 0. The molecule has 7 heteroatoms. The summed E-state index contributed by atoms with van der Waals surface area (Å²) in [5.41, 5.74) is 1.36. The van der Waals surface area contributed by atoms with Crippen LogP contribution in [0.2, 0.25) is 0 Å². The van der Waals surface area contributed by atoms with E-state index in [0.29, 0.717) is 29.5 Å². The van der Waals surface area contributed by atoms with Gasteiger partial charge in [0, 0.05) is 36.8 Å². The number of nitrogens with one attached hydrogen (secondary N) is 2. The third-order valence-electron chi connectivity index (χ3n) is 5.67. The Labute approximate surface area is 146 Å². The van der Waals surface area contributed by atoms with Gasteiger partial charge in [0.2, 0.25) is 6.41 Å². The summed E-state index contributed by atoms with van der Waals surface area (Å²) in [6.07, 6.45) is 8.17. The maximum atomic E-state index is 12.8. The number of aromatic amines is 1. The number of hydrogen-bond donors (Lipinski definition) is 2. The molecule has 4 rings (SSSR count). The lowest BCUT2D eigenvalue weighted by molar-refractivity contribution is -0.119. The van der Waals surface area contributed by atoms with Gasteiger partial charge in [-0.2, -0.15) is 0 Å². The minimum atomic E-state index is 0.110. The predicted octanol–water partition coefficient (Wildman–Crippen LogP) is 2.22. The number of carbonyl (C=O) groups excluding carboxylic acids is 2. The van der Waals surface area contributed by atoms with Gasteiger partial charge in [-0.15, -0.1) is 0 Å². The Bertz CT molecular complexity index is 798. The summed E-state index contributed by atoms with van der Waals surface area (Å²) in [6, 6.07) is 0.110. The summed E-state index contributed by atoms with van der Waals surface area (Å²) < 4.78 is 0. The van der Waals surface area contributed by atoms with Crippen molar-refractivity contribution in [3.63, 3.8) is 0 Å². The first-order valence-electron chi connectivity index (χ1n) is 8.99. The zero-order valence-electron chi connectivity index (χ0n) is 14.4. The quantitative estimate of drug-likeness (QED) is 0.643. The molecule has 1 aliphatic heterocycles. The summed E-state index contributed by atoms with van der Waals surface area (Å²) in [5.74, 6) is 1.41. The van der Waals surface area contributed by atoms with E-state index in [1.807, 2.05) is 0 Å². The Morgan fingerprint density at radius 3 is 2.92 bits per heavy atom. The maximum Gasteiger partial charge on any atom is 0.209 e. The highest BCUT2D eigenvalue weighted by atomic mass is 16.1. The van der Waals surface area contributed by atoms with Crippen LogP contribution in [0.5, 0.6) is 0 Å². The lowest BCUT2D eigenvalue weighted by Crippen LogP contribution is -2.46. The third kappa shape index (κ3) is 2.88. The monoisotopic (exact) mass is 341 g/mol. The molecule has 132 valence electrons. The van der Waals surface area contributed by atoms with Gasteiger partial charge in [0.1, 0.15) is 17.8 Å². The number of likely N-dealkylation sites (tertiary alicyclic amines) is 1. The molecule has 2 aliphatic rings. The zero-order chi connectivity index (χ0) is 17.4. The third-order valence-corrected chi connectivity index (χ3v) is 5.67. The Kier molecular flexibility index (Phi) is 4.15. The van der Waals surface area contributed by atoms with Crippen molar-refractivity contribution in [1.82, 2.24) is 19.9 Å². The maximum absolute atomic E-state index is 12.8. The first-order valence-corrected chi connectivity index (χ1v) is 8.99. The molecule has 2 unspecified atom stereocenters. The van der Waals surface area contributed by atoms with Gasteiger partial charge in [-0.1, -0.05) is 13.3 Å². The number of ketones is 1. The van der Waals surface area contributed by atoms with E-state index in [-0.39, 0.29) is 17.7 Å². The van der Waals surface area contributed by atoms with Gasteiger partial charge >= 0.3 is 0 Å². The number of hydrogen-bond acceptors (Lipinski definition) is 5. The molecule has 1 saturated carbocycles. The van der Waals surface area contributed by atoms with Crippen LogP contribution in [0.15, 0.2) is 12.5 Å². The predicted molar refractivity (Wildman–Crippen MR) is 94.4 cm³/mol. The first kappa shape index (κ1) is 16.1. The number of anilines is 1. The lowest BCUT2D eigenvalue weighted by Gasteiger charge is -2.35. The molecule has 2 aromatic rings. The van der Waals surface area contributed by atoms with Crippen LogP contribution in [-0.2, 0) is 4.79 Å². The average molecular weight is 341 g/mol. The molecular formula is C18H23N5O2. The van der Waals surface area contributed by atoms with Crippen molar-refractivity contribution in [3.05, 3.63) is 18.1 Å². The number of piperidine rings is 1.